The number of hydrogen-bond donors (Lipinski definition) is 2. The quantitative estimate of drug-likeness (QED) is 0.503. The lowest BCUT2D eigenvalue weighted by atomic mass is 9.96. The van der Waals surface area contributed by atoms with E-state index in [1.54, 1.807) is 11.3 Å². The number of carbonyl (C=O) groups excluding carboxylic acids is 1. The minimum atomic E-state index is 0.00824. The highest BCUT2D eigenvalue weighted by atomic mass is 32.1. The summed E-state index contributed by atoms with van der Waals surface area (Å²) < 4.78 is 0. The smallest absolute Gasteiger partial charge is 0.261 e. The number of para-hydroxylation sites is 1. The van der Waals surface area contributed by atoms with Gasteiger partial charge >= 0.3 is 0 Å². The second-order valence-electron chi connectivity index (χ2n) is 6.00. The third-order valence-electron chi connectivity index (χ3n) is 4.42. The van der Waals surface area contributed by atoms with Crippen molar-refractivity contribution in [2.24, 2.45) is 0 Å². The lowest BCUT2D eigenvalue weighted by Gasteiger charge is -2.16. The van der Waals surface area contributed by atoms with E-state index in [1.807, 2.05) is 24.4 Å². The molecule has 3 aromatic heterocycles. The van der Waals surface area contributed by atoms with Crippen LogP contribution < -0.4 is 5.32 Å². The molecule has 2 N–H and O–H groups in total. The van der Waals surface area contributed by atoms with Crippen LogP contribution in [0, 0.1) is 6.92 Å². The Morgan fingerprint density at radius 1 is 1.12 bits per heavy atom. The molecule has 0 aliphatic heterocycles. The van der Waals surface area contributed by atoms with Gasteiger partial charge in [0.2, 0.25) is 0 Å². The summed E-state index contributed by atoms with van der Waals surface area (Å²) in [4.78, 5) is 17.9. The maximum Gasteiger partial charge on any atom is 0.261 e. The predicted molar refractivity (Wildman–Crippen MR) is 106 cm³/mol. The fraction of sp³-hybridized carbons (Fsp3) is 0.150. The topological polar surface area (TPSA) is 44.9 Å². The van der Waals surface area contributed by atoms with Crippen LogP contribution in [0.15, 0.2) is 59.4 Å². The first-order chi connectivity index (χ1) is 12.2. The fourth-order valence-corrected chi connectivity index (χ4v) is 4.80. The van der Waals surface area contributed by atoms with E-state index in [0.29, 0.717) is 6.54 Å². The van der Waals surface area contributed by atoms with Gasteiger partial charge in [-0.2, -0.15) is 0 Å². The number of aryl methyl sites for hydroxylation is 1. The van der Waals surface area contributed by atoms with E-state index in [1.165, 1.54) is 27.2 Å². The second kappa shape index (κ2) is 6.86. The zero-order valence-electron chi connectivity index (χ0n) is 13.8. The normalized spacial score (nSPS) is 12.4. The summed E-state index contributed by atoms with van der Waals surface area (Å²) in [5.41, 5.74) is 3.38. The molecule has 1 amide bonds. The Bertz CT molecular complexity index is 998. The van der Waals surface area contributed by atoms with E-state index < -0.39 is 0 Å². The van der Waals surface area contributed by atoms with Gasteiger partial charge in [0.1, 0.15) is 0 Å². The van der Waals surface area contributed by atoms with Gasteiger partial charge in [-0.1, -0.05) is 24.3 Å². The largest absolute Gasteiger partial charge is 0.361 e. The Kier molecular flexibility index (Phi) is 4.42. The molecule has 0 saturated heterocycles. The lowest BCUT2D eigenvalue weighted by molar-refractivity contribution is 0.0956. The summed E-state index contributed by atoms with van der Waals surface area (Å²) in [6, 6.07) is 14.5. The number of thiophene rings is 2. The Labute approximate surface area is 154 Å². The van der Waals surface area contributed by atoms with Gasteiger partial charge in [-0.3, -0.25) is 4.79 Å². The summed E-state index contributed by atoms with van der Waals surface area (Å²) in [5.74, 6) is 0.147. The van der Waals surface area contributed by atoms with Crippen LogP contribution in [0.2, 0.25) is 0 Å². The molecule has 4 rings (SSSR count). The molecular weight excluding hydrogens is 348 g/mol. The van der Waals surface area contributed by atoms with Crippen molar-refractivity contribution in [3.05, 3.63) is 80.3 Å². The van der Waals surface area contributed by atoms with Crippen LogP contribution in [0.4, 0.5) is 0 Å². The molecule has 0 saturated carbocycles. The van der Waals surface area contributed by atoms with Gasteiger partial charge in [-0.25, -0.2) is 0 Å². The minimum Gasteiger partial charge on any atom is -0.361 e. The van der Waals surface area contributed by atoms with E-state index in [9.17, 15) is 4.79 Å². The highest BCUT2D eigenvalue weighted by Gasteiger charge is 2.21. The van der Waals surface area contributed by atoms with Crippen molar-refractivity contribution in [2.45, 2.75) is 12.8 Å². The maximum atomic E-state index is 12.5. The minimum absolute atomic E-state index is 0.00824. The molecule has 1 atom stereocenters. The number of nitrogens with one attached hydrogen (secondary N) is 2. The predicted octanol–water partition coefficient (Wildman–Crippen LogP) is 5.16. The van der Waals surface area contributed by atoms with Crippen molar-refractivity contribution >= 4 is 39.5 Å². The summed E-state index contributed by atoms with van der Waals surface area (Å²) in [7, 11) is 0. The molecule has 0 radical (unpaired) electrons. The average Bonchev–Trinajstić information content (AvgIpc) is 3.36. The molecule has 0 aliphatic carbocycles. The van der Waals surface area contributed by atoms with Crippen LogP contribution in [0.3, 0.4) is 0 Å². The Hall–Kier alpha value is -2.37. The van der Waals surface area contributed by atoms with Gasteiger partial charge in [-0.15, -0.1) is 22.7 Å². The molecule has 0 fully saturated rings. The molecule has 0 aliphatic rings. The first-order valence-electron chi connectivity index (χ1n) is 8.15. The fourth-order valence-electron chi connectivity index (χ4n) is 3.12. The monoisotopic (exact) mass is 366 g/mol. The second-order valence-corrected chi connectivity index (χ2v) is 7.90. The van der Waals surface area contributed by atoms with E-state index in [-0.39, 0.29) is 11.8 Å². The lowest BCUT2D eigenvalue weighted by Crippen LogP contribution is -2.28. The van der Waals surface area contributed by atoms with Crippen molar-refractivity contribution in [1.82, 2.24) is 10.3 Å². The average molecular weight is 367 g/mol. The Morgan fingerprint density at radius 2 is 2.00 bits per heavy atom. The molecule has 25 heavy (non-hydrogen) atoms. The van der Waals surface area contributed by atoms with Crippen molar-refractivity contribution in [2.75, 3.05) is 6.54 Å². The van der Waals surface area contributed by atoms with Gasteiger partial charge in [0.15, 0.2) is 0 Å². The zero-order chi connectivity index (χ0) is 17.2. The standard InChI is InChI=1S/C20H18N2OS2/c1-13-8-10-25-19(13)20(23)22-12-16(18-7-4-9-24-18)15-11-21-17-6-3-2-5-14(15)17/h2-11,16,21H,12H2,1H3,(H,22,23). The van der Waals surface area contributed by atoms with E-state index in [2.05, 4.69) is 52.2 Å². The number of carbonyl (C=O) groups is 1. The molecule has 1 unspecified atom stereocenters. The van der Waals surface area contributed by atoms with E-state index >= 15 is 0 Å². The van der Waals surface area contributed by atoms with Crippen LogP contribution in [0.5, 0.6) is 0 Å². The Balaban J connectivity index is 1.64. The molecule has 5 heteroatoms. The highest BCUT2D eigenvalue weighted by Crippen LogP contribution is 2.33. The summed E-state index contributed by atoms with van der Waals surface area (Å²) in [5, 5.41) is 8.39. The number of fused-ring (bicyclic) bond motifs is 1. The summed E-state index contributed by atoms with van der Waals surface area (Å²) >= 11 is 3.22. The van der Waals surface area contributed by atoms with Gasteiger partial charge in [0, 0.05) is 34.4 Å². The van der Waals surface area contributed by atoms with Crippen LogP contribution in [0.25, 0.3) is 10.9 Å². The van der Waals surface area contributed by atoms with Gasteiger partial charge in [0.05, 0.1) is 4.88 Å². The van der Waals surface area contributed by atoms with Crippen LogP contribution in [0.1, 0.15) is 31.6 Å². The van der Waals surface area contributed by atoms with Crippen molar-refractivity contribution < 1.29 is 4.79 Å². The molecular formula is C20H18N2OS2. The molecule has 126 valence electrons. The van der Waals surface area contributed by atoms with Gasteiger partial charge < -0.3 is 10.3 Å². The van der Waals surface area contributed by atoms with Crippen molar-refractivity contribution in [3.8, 4) is 0 Å². The highest BCUT2D eigenvalue weighted by molar-refractivity contribution is 7.12. The number of amides is 1. The number of aromatic amines is 1. The zero-order valence-corrected chi connectivity index (χ0v) is 15.4. The summed E-state index contributed by atoms with van der Waals surface area (Å²) in [6.07, 6.45) is 2.07. The van der Waals surface area contributed by atoms with E-state index in [0.717, 1.165) is 16.0 Å². The summed E-state index contributed by atoms with van der Waals surface area (Å²) in [6.45, 7) is 2.56. The molecule has 1 aromatic carbocycles. The third-order valence-corrected chi connectivity index (χ3v) is 6.42. The number of H-pyrrole nitrogens is 1. The molecule has 3 nitrogen and oxygen atoms in total. The maximum absolute atomic E-state index is 12.5. The molecule has 0 spiro atoms. The number of hydrogen-bond acceptors (Lipinski definition) is 3. The number of aromatic nitrogens is 1. The van der Waals surface area contributed by atoms with Crippen molar-refractivity contribution in [1.29, 1.82) is 0 Å². The van der Waals surface area contributed by atoms with Crippen LogP contribution in [-0.2, 0) is 0 Å². The first-order valence-corrected chi connectivity index (χ1v) is 9.91. The Morgan fingerprint density at radius 3 is 2.76 bits per heavy atom. The molecule has 3 heterocycles. The van der Waals surface area contributed by atoms with Crippen LogP contribution >= 0.6 is 22.7 Å². The molecule has 0 bridgehead atoms. The van der Waals surface area contributed by atoms with Crippen LogP contribution in [-0.4, -0.2) is 17.4 Å². The molecule has 4 aromatic rings. The third kappa shape index (κ3) is 3.13. The number of benzene rings is 1. The van der Waals surface area contributed by atoms with E-state index in [4.69, 9.17) is 0 Å². The van der Waals surface area contributed by atoms with Crippen molar-refractivity contribution in [3.63, 3.8) is 0 Å². The van der Waals surface area contributed by atoms with Gasteiger partial charge in [-0.05, 0) is 47.0 Å². The van der Waals surface area contributed by atoms with Gasteiger partial charge in [0.25, 0.3) is 5.91 Å². The first kappa shape index (κ1) is 16.1. The number of rotatable bonds is 5. The SMILES string of the molecule is Cc1ccsc1C(=O)NCC(c1cccs1)c1c[nH]c2ccccc12.